The van der Waals surface area contributed by atoms with Crippen molar-refractivity contribution in [3.8, 4) is 5.75 Å². The molecule has 2 aromatic rings. The van der Waals surface area contributed by atoms with Gasteiger partial charge in [-0.3, -0.25) is 9.59 Å². The van der Waals surface area contributed by atoms with Crippen molar-refractivity contribution in [3.63, 3.8) is 0 Å². The van der Waals surface area contributed by atoms with E-state index in [4.69, 9.17) is 10.5 Å². The van der Waals surface area contributed by atoms with E-state index in [1.807, 2.05) is 31.2 Å². The zero-order valence-corrected chi connectivity index (χ0v) is 14.2. The highest BCUT2D eigenvalue weighted by atomic mass is 79.9. The molecule has 0 aliphatic rings. The van der Waals surface area contributed by atoms with E-state index in [2.05, 4.69) is 21.2 Å². The molecule has 0 radical (unpaired) electrons. The summed E-state index contributed by atoms with van der Waals surface area (Å²) in [5.74, 6) is -0.224. The fourth-order valence-corrected chi connectivity index (χ4v) is 2.25. The molecule has 0 aliphatic heterocycles. The summed E-state index contributed by atoms with van der Waals surface area (Å²) < 4.78 is 6.38. The number of amides is 2. The number of halogens is 1. The Hall–Kier alpha value is -2.34. The topological polar surface area (TPSA) is 81.4 Å². The zero-order valence-electron chi connectivity index (χ0n) is 12.6. The van der Waals surface area contributed by atoms with Crippen LogP contribution in [0.25, 0.3) is 0 Å². The Morgan fingerprint density at radius 3 is 2.30 bits per heavy atom. The van der Waals surface area contributed by atoms with Crippen LogP contribution in [0.3, 0.4) is 0 Å². The van der Waals surface area contributed by atoms with Crippen LogP contribution in [-0.2, 0) is 4.79 Å². The van der Waals surface area contributed by atoms with Gasteiger partial charge in [-0.25, -0.2) is 0 Å². The van der Waals surface area contributed by atoms with Gasteiger partial charge in [0.25, 0.3) is 5.91 Å². The summed E-state index contributed by atoms with van der Waals surface area (Å²) in [4.78, 5) is 22.9. The third kappa shape index (κ3) is 5.10. The highest BCUT2D eigenvalue weighted by molar-refractivity contribution is 9.10. The van der Waals surface area contributed by atoms with E-state index in [9.17, 15) is 9.59 Å². The molecule has 23 heavy (non-hydrogen) atoms. The number of carbonyl (C=O) groups is 2. The van der Waals surface area contributed by atoms with E-state index in [0.29, 0.717) is 11.3 Å². The van der Waals surface area contributed by atoms with Gasteiger partial charge in [-0.05, 0) is 48.9 Å². The minimum absolute atomic E-state index is 0.100. The second-order valence-electron chi connectivity index (χ2n) is 5.02. The number of primary amides is 1. The zero-order chi connectivity index (χ0) is 16.8. The normalized spacial score (nSPS) is 11.6. The number of nitrogens with two attached hydrogens (primary N) is 1. The molecule has 0 aliphatic carbocycles. The summed E-state index contributed by atoms with van der Waals surface area (Å²) in [5, 5.41) is 2.86. The molecule has 2 rings (SSSR count). The summed E-state index contributed by atoms with van der Waals surface area (Å²) in [6.45, 7) is 1.81. The maximum atomic E-state index is 11.9. The molecule has 0 aromatic heterocycles. The maximum absolute atomic E-state index is 11.9. The van der Waals surface area contributed by atoms with Crippen molar-refractivity contribution in [2.75, 3.05) is 6.61 Å². The molecule has 1 unspecified atom stereocenters. The molecule has 3 N–H and O–H groups in total. The molecule has 120 valence electrons. The summed E-state index contributed by atoms with van der Waals surface area (Å²) in [6.07, 6.45) is 0. The second-order valence-corrected chi connectivity index (χ2v) is 5.93. The van der Waals surface area contributed by atoms with Crippen LogP contribution in [0.15, 0.2) is 53.0 Å². The maximum Gasteiger partial charge on any atom is 0.258 e. The molecular formula is C17H17BrN2O3. The lowest BCUT2D eigenvalue weighted by molar-refractivity contribution is -0.123. The van der Waals surface area contributed by atoms with Gasteiger partial charge < -0.3 is 15.8 Å². The molecule has 6 heteroatoms. The molecule has 0 fully saturated rings. The molecule has 0 saturated carbocycles. The molecule has 1 atom stereocenters. The van der Waals surface area contributed by atoms with Crippen LogP contribution in [-0.4, -0.2) is 18.4 Å². The lowest BCUT2D eigenvalue weighted by atomic mass is 10.1. The number of hydrogen-bond acceptors (Lipinski definition) is 3. The van der Waals surface area contributed by atoms with E-state index >= 15 is 0 Å². The highest BCUT2D eigenvalue weighted by Crippen LogP contribution is 2.16. The number of benzene rings is 2. The molecule has 0 heterocycles. The third-order valence-corrected chi connectivity index (χ3v) is 3.78. The Kier molecular flexibility index (Phi) is 5.76. The largest absolute Gasteiger partial charge is 0.484 e. The predicted molar refractivity (Wildman–Crippen MR) is 91.2 cm³/mol. The van der Waals surface area contributed by atoms with Crippen molar-refractivity contribution >= 4 is 27.7 Å². The SMILES string of the molecule is CC(NC(=O)COc1ccc(C(N)=O)cc1)c1ccc(Br)cc1. The minimum atomic E-state index is -0.502. The Morgan fingerprint density at radius 1 is 1.13 bits per heavy atom. The molecule has 2 amide bonds. The van der Waals surface area contributed by atoms with E-state index in [-0.39, 0.29) is 18.6 Å². The van der Waals surface area contributed by atoms with E-state index < -0.39 is 5.91 Å². The smallest absolute Gasteiger partial charge is 0.258 e. The molecular weight excluding hydrogens is 360 g/mol. The first-order valence-corrected chi connectivity index (χ1v) is 7.82. The lowest BCUT2D eigenvalue weighted by Crippen LogP contribution is -2.31. The molecule has 0 spiro atoms. The predicted octanol–water partition coefficient (Wildman–Crippen LogP) is 2.80. The monoisotopic (exact) mass is 376 g/mol. The number of ether oxygens (including phenoxy) is 1. The van der Waals surface area contributed by atoms with Crippen LogP contribution < -0.4 is 15.8 Å². The van der Waals surface area contributed by atoms with Crippen LogP contribution >= 0.6 is 15.9 Å². The van der Waals surface area contributed by atoms with E-state index in [0.717, 1.165) is 10.0 Å². The number of nitrogens with one attached hydrogen (secondary N) is 1. The average Bonchev–Trinajstić information content (AvgIpc) is 2.54. The van der Waals surface area contributed by atoms with Gasteiger partial charge in [0, 0.05) is 10.0 Å². The first kappa shape index (κ1) is 17.0. The summed E-state index contributed by atoms with van der Waals surface area (Å²) in [7, 11) is 0. The Morgan fingerprint density at radius 2 is 1.74 bits per heavy atom. The lowest BCUT2D eigenvalue weighted by Gasteiger charge is -2.15. The van der Waals surface area contributed by atoms with Crippen LogP contribution in [0.5, 0.6) is 5.75 Å². The van der Waals surface area contributed by atoms with Gasteiger partial charge in [-0.1, -0.05) is 28.1 Å². The molecule has 2 aromatic carbocycles. The van der Waals surface area contributed by atoms with Crippen LogP contribution in [0.2, 0.25) is 0 Å². The van der Waals surface area contributed by atoms with Crippen LogP contribution in [0.4, 0.5) is 0 Å². The Labute approximate surface area is 143 Å². The summed E-state index contributed by atoms with van der Waals surface area (Å²) >= 11 is 3.37. The minimum Gasteiger partial charge on any atom is -0.484 e. The van der Waals surface area contributed by atoms with Gasteiger partial charge in [0.15, 0.2) is 6.61 Å². The van der Waals surface area contributed by atoms with E-state index in [1.54, 1.807) is 24.3 Å². The Bertz CT molecular complexity index is 684. The van der Waals surface area contributed by atoms with Crippen LogP contribution in [0.1, 0.15) is 28.9 Å². The van der Waals surface area contributed by atoms with Gasteiger partial charge in [0.05, 0.1) is 6.04 Å². The van der Waals surface area contributed by atoms with Gasteiger partial charge in [-0.15, -0.1) is 0 Å². The number of hydrogen-bond donors (Lipinski definition) is 2. The molecule has 5 nitrogen and oxygen atoms in total. The van der Waals surface area contributed by atoms with Crippen molar-refractivity contribution in [2.24, 2.45) is 5.73 Å². The van der Waals surface area contributed by atoms with Crippen molar-refractivity contribution < 1.29 is 14.3 Å². The van der Waals surface area contributed by atoms with Crippen molar-refractivity contribution in [3.05, 3.63) is 64.1 Å². The fraction of sp³-hybridized carbons (Fsp3) is 0.176. The van der Waals surface area contributed by atoms with E-state index in [1.165, 1.54) is 0 Å². The average molecular weight is 377 g/mol. The first-order valence-electron chi connectivity index (χ1n) is 7.03. The van der Waals surface area contributed by atoms with Gasteiger partial charge >= 0.3 is 0 Å². The van der Waals surface area contributed by atoms with Crippen molar-refractivity contribution in [1.82, 2.24) is 5.32 Å². The van der Waals surface area contributed by atoms with Gasteiger partial charge in [0.1, 0.15) is 5.75 Å². The number of rotatable bonds is 6. The van der Waals surface area contributed by atoms with Crippen LogP contribution in [0, 0.1) is 0 Å². The quantitative estimate of drug-likeness (QED) is 0.812. The van der Waals surface area contributed by atoms with Gasteiger partial charge in [0.2, 0.25) is 5.91 Å². The molecule has 0 saturated heterocycles. The fourth-order valence-electron chi connectivity index (χ4n) is 1.98. The second kappa shape index (κ2) is 7.78. The standard InChI is InChI=1S/C17H17BrN2O3/c1-11(12-2-6-14(18)7-3-12)20-16(21)10-23-15-8-4-13(5-9-15)17(19)22/h2-9,11H,10H2,1H3,(H2,19,22)(H,20,21). The number of carbonyl (C=O) groups excluding carboxylic acids is 2. The first-order chi connectivity index (χ1) is 11.0. The third-order valence-electron chi connectivity index (χ3n) is 3.26. The van der Waals surface area contributed by atoms with Gasteiger partial charge in [-0.2, -0.15) is 0 Å². The molecule has 0 bridgehead atoms. The summed E-state index contributed by atoms with van der Waals surface area (Å²) in [6, 6.07) is 13.9. The van der Waals surface area contributed by atoms with Crippen molar-refractivity contribution in [2.45, 2.75) is 13.0 Å². The Balaban J connectivity index is 1.84. The summed E-state index contributed by atoms with van der Waals surface area (Å²) in [5.41, 5.74) is 6.56. The highest BCUT2D eigenvalue weighted by Gasteiger charge is 2.10. The van der Waals surface area contributed by atoms with Crippen molar-refractivity contribution in [1.29, 1.82) is 0 Å².